The summed E-state index contributed by atoms with van der Waals surface area (Å²) in [5.74, 6) is 0.492. The number of fused-ring (bicyclic) bond motifs is 1. The summed E-state index contributed by atoms with van der Waals surface area (Å²) in [6.07, 6.45) is 1.67. The Labute approximate surface area is 118 Å². The van der Waals surface area contributed by atoms with E-state index < -0.39 is 6.10 Å². The monoisotopic (exact) mass is 276 g/mol. The van der Waals surface area contributed by atoms with Crippen LogP contribution in [0.4, 0.5) is 5.69 Å². The fourth-order valence-corrected chi connectivity index (χ4v) is 2.13. The van der Waals surface area contributed by atoms with E-state index in [1.54, 1.807) is 11.9 Å². The van der Waals surface area contributed by atoms with Crippen LogP contribution in [-0.4, -0.2) is 31.5 Å². The second kappa shape index (κ2) is 6.41. The van der Waals surface area contributed by atoms with E-state index in [0.29, 0.717) is 12.2 Å². The Morgan fingerprint density at radius 1 is 1.40 bits per heavy atom. The first-order valence-electron chi connectivity index (χ1n) is 6.93. The van der Waals surface area contributed by atoms with Gasteiger partial charge >= 0.3 is 0 Å². The molecule has 0 aromatic heterocycles. The highest BCUT2D eigenvalue weighted by atomic mass is 16.5. The van der Waals surface area contributed by atoms with E-state index in [9.17, 15) is 9.59 Å². The molecule has 1 N–H and O–H groups in total. The molecule has 2 rings (SSSR count). The van der Waals surface area contributed by atoms with Crippen LogP contribution < -0.4 is 15.0 Å². The molecule has 2 amide bonds. The molecule has 108 valence electrons. The van der Waals surface area contributed by atoms with E-state index in [0.717, 1.165) is 18.5 Å². The first kappa shape index (κ1) is 14.4. The number of anilines is 1. The first-order valence-corrected chi connectivity index (χ1v) is 6.93. The first-order chi connectivity index (χ1) is 9.63. The van der Waals surface area contributed by atoms with Crippen LogP contribution in [0, 0.1) is 0 Å². The lowest BCUT2D eigenvalue weighted by Crippen LogP contribution is -2.49. The minimum atomic E-state index is -0.652. The minimum absolute atomic E-state index is 0.0373. The summed E-state index contributed by atoms with van der Waals surface area (Å²) in [4.78, 5) is 25.3. The highest BCUT2D eigenvalue weighted by molar-refractivity contribution is 5.99. The number of rotatable bonds is 5. The van der Waals surface area contributed by atoms with Crippen molar-refractivity contribution in [2.75, 3.05) is 18.5 Å². The lowest BCUT2D eigenvalue weighted by Gasteiger charge is -2.31. The highest BCUT2D eigenvalue weighted by Gasteiger charge is 2.31. The average Bonchev–Trinajstić information content (AvgIpc) is 2.47. The van der Waals surface area contributed by atoms with Crippen LogP contribution in [0.2, 0.25) is 0 Å². The van der Waals surface area contributed by atoms with Crippen molar-refractivity contribution in [3.8, 4) is 5.75 Å². The Balaban J connectivity index is 1.97. The van der Waals surface area contributed by atoms with Gasteiger partial charge in [-0.05, 0) is 18.6 Å². The van der Waals surface area contributed by atoms with Crippen molar-refractivity contribution >= 4 is 17.5 Å². The lowest BCUT2D eigenvalue weighted by atomic mass is 10.2. The maximum Gasteiger partial charge on any atom is 0.269 e. The molecule has 0 radical (unpaired) electrons. The number of nitrogens with zero attached hydrogens (tertiary/aromatic N) is 1. The summed E-state index contributed by atoms with van der Waals surface area (Å²) >= 11 is 0. The molecule has 5 nitrogen and oxygen atoms in total. The molecular weight excluding hydrogens is 256 g/mol. The Morgan fingerprint density at radius 3 is 2.90 bits per heavy atom. The van der Waals surface area contributed by atoms with Crippen LogP contribution in [0.3, 0.4) is 0 Å². The summed E-state index contributed by atoms with van der Waals surface area (Å²) < 4.78 is 5.66. The second-order valence-corrected chi connectivity index (χ2v) is 4.88. The van der Waals surface area contributed by atoms with Crippen LogP contribution in [0.15, 0.2) is 24.3 Å². The predicted molar refractivity (Wildman–Crippen MR) is 76.8 cm³/mol. The Bertz CT molecular complexity index is 502. The number of hydrogen-bond donors (Lipinski definition) is 1. The Morgan fingerprint density at radius 2 is 2.15 bits per heavy atom. The summed E-state index contributed by atoms with van der Waals surface area (Å²) in [7, 11) is 1.72. The number of likely N-dealkylation sites (N-methyl/N-ethyl adjacent to an activating group) is 1. The van der Waals surface area contributed by atoms with Gasteiger partial charge in [0.25, 0.3) is 5.91 Å². The third-order valence-electron chi connectivity index (χ3n) is 3.34. The van der Waals surface area contributed by atoms with Crippen LogP contribution in [0.25, 0.3) is 0 Å². The van der Waals surface area contributed by atoms with Gasteiger partial charge in [-0.25, -0.2) is 0 Å². The topological polar surface area (TPSA) is 58.6 Å². The Kier molecular flexibility index (Phi) is 4.61. The summed E-state index contributed by atoms with van der Waals surface area (Å²) in [6, 6.07) is 7.38. The molecule has 1 heterocycles. The minimum Gasteiger partial charge on any atom is -0.477 e. The number of ether oxygens (including phenoxy) is 1. The highest BCUT2D eigenvalue weighted by Crippen LogP contribution is 2.32. The van der Waals surface area contributed by atoms with Gasteiger partial charge in [-0.15, -0.1) is 0 Å². The maximum absolute atomic E-state index is 12.2. The molecule has 5 heteroatoms. The summed E-state index contributed by atoms with van der Waals surface area (Å²) in [5, 5.41) is 2.76. The molecule has 0 fully saturated rings. The molecule has 1 aromatic carbocycles. The van der Waals surface area contributed by atoms with Crippen molar-refractivity contribution in [1.29, 1.82) is 0 Å². The molecule has 1 aliphatic rings. The fraction of sp³-hybridized carbons (Fsp3) is 0.467. The van der Waals surface area contributed by atoms with Gasteiger partial charge in [0.05, 0.1) is 12.2 Å². The summed E-state index contributed by atoms with van der Waals surface area (Å²) in [5.41, 5.74) is 0.756. The zero-order valence-corrected chi connectivity index (χ0v) is 11.9. The van der Waals surface area contributed by atoms with E-state index >= 15 is 0 Å². The smallest absolute Gasteiger partial charge is 0.269 e. The number of carbonyl (C=O) groups is 2. The van der Waals surface area contributed by atoms with E-state index in [2.05, 4.69) is 5.32 Å². The number of benzene rings is 1. The third kappa shape index (κ3) is 3.10. The maximum atomic E-state index is 12.2. The number of nitrogens with one attached hydrogen (secondary N) is 1. The van der Waals surface area contributed by atoms with E-state index in [1.165, 1.54) is 0 Å². The predicted octanol–water partition coefficient (Wildman–Crippen LogP) is 1.72. The SMILES string of the molecule is CCCCC(=O)NCC1Oc2ccccc2N(C)C1=O. The molecule has 0 aliphatic carbocycles. The molecule has 0 saturated carbocycles. The van der Waals surface area contributed by atoms with Gasteiger partial charge < -0.3 is 15.0 Å². The van der Waals surface area contributed by atoms with Gasteiger partial charge in [0.1, 0.15) is 5.75 Å². The van der Waals surface area contributed by atoms with Gasteiger partial charge in [0.15, 0.2) is 6.10 Å². The molecular formula is C15H20N2O3. The van der Waals surface area contributed by atoms with Crippen LogP contribution >= 0.6 is 0 Å². The number of para-hydroxylation sites is 2. The fourth-order valence-electron chi connectivity index (χ4n) is 2.13. The third-order valence-corrected chi connectivity index (χ3v) is 3.34. The molecule has 1 atom stereocenters. The second-order valence-electron chi connectivity index (χ2n) is 4.88. The normalized spacial score (nSPS) is 17.4. The van der Waals surface area contributed by atoms with E-state index in [-0.39, 0.29) is 18.4 Å². The van der Waals surface area contributed by atoms with Gasteiger partial charge in [-0.2, -0.15) is 0 Å². The zero-order valence-electron chi connectivity index (χ0n) is 11.9. The van der Waals surface area contributed by atoms with E-state index in [1.807, 2.05) is 31.2 Å². The van der Waals surface area contributed by atoms with Crippen molar-refractivity contribution in [2.24, 2.45) is 0 Å². The quantitative estimate of drug-likeness (QED) is 0.890. The molecule has 0 saturated heterocycles. The number of amides is 2. The zero-order chi connectivity index (χ0) is 14.5. The van der Waals surface area contributed by atoms with Gasteiger partial charge in [-0.1, -0.05) is 25.5 Å². The van der Waals surface area contributed by atoms with Crippen molar-refractivity contribution in [3.63, 3.8) is 0 Å². The van der Waals surface area contributed by atoms with Crippen molar-refractivity contribution in [1.82, 2.24) is 5.32 Å². The van der Waals surface area contributed by atoms with Gasteiger partial charge in [0.2, 0.25) is 5.91 Å². The van der Waals surface area contributed by atoms with Gasteiger partial charge in [0, 0.05) is 13.5 Å². The lowest BCUT2D eigenvalue weighted by molar-refractivity contribution is -0.127. The molecule has 1 aromatic rings. The number of hydrogen-bond acceptors (Lipinski definition) is 3. The number of unbranched alkanes of at least 4 members (excludes halogenated alkanes) is 1. The van der Waals surface area contributed by atoms with Gasteiger partial charge in [-0.3, -0.25) is 9.59 Å². The molecule has 1 unspecified atom stereocenters. The van der Waals surface area contributed by atoms with Crippen molar-refractivity contribution in [3.05, 3.63) is 24.3 Å². The number of carbonyl (C=O) groups excluding carboxylic acids is 2. The standard InChI is InChI=1S/C15H20N2O3/c1-3-4-9-14(18)16-10-13-15(19)17(2)11-7-5-6-8-12(11)20-13/h5-8,13H,3-4,9-10H2,1-2H3,(H,16,18). The molecule has 1 aliphatic heterocycles. The van der Waals surface area contributed by atoms with Crippen molar-refractivity contribution in [2.45, 2.75) is 32.3 Å². The largest absolute Gasteiger partial charge is 0.477 e. The Hall–Kier alpha value is -2.04. The van der Waals surface area contributed by atoms with Crippen molar-refractivity contribution < 1.29 is 14.3 Å². The molecule has 20 heavy (non-hydrogen) atoms. The summed E-state index contributed by atoms with van der Waals surface area (Å²) in [6.45, 7) is 2.24. The van der Waals surface area contributed by atoms with Crippen LogP contribution in [0.5, 0.6) is 5.75 Å². The van der Waals surface area contributed by atoms with Crippen LogP contribution in [-0.2, 0) is 9.59 Å². The molecule has 0 bridgehead atoms. The van der Waals surface area contributed by atoms with E-state index in [4.69, 9.17) is 4.74 Å². The van der Waals surface area contributed by atoms with Crippen LogP contribution in [0.1, 0.15) is 26.2 Å². The molecule has 0 spiro atoms. The average molecular weight is 276 g/mol.